The predicted molar refractivity (Wildman–Crippen MR) is 116 cm³/mol. The number of nitrogens with zero attached hydrogens (tertiary/aromatic N) is 2. The van der Waals surface area contributed by atoms with Crippen molar-refractivity contribution in [1.29, 1.82) is 0 Å². The highest BCUT2D eigenvalue weighted by Crippen LogP contribution is 2.34. The van der Waals surface area contributed by atoms with E-state index < -0.39 is 6.10 Å². The molecule has 1 amide bonds. The molecule has 1 aliphatic rings. The first-order chi connectivity index (χ1) is 15.5. The normalized spacial score (nSPS) is 13.4. The number of fused-ring (bicyclic) bond motifs is 1. The summed E-state index contributed by atoms with van der Waals surface area (Å²) in [7, 11) is 4.83. The van der Waals surface area contributed by atoms with Crippen LogP contribution in [0.3, 0.4) is 0 Å². The molecule has 0 saturated carbocycles. The molecule has 0 spiro atoms. The van der Waals surface area contributed by atoms with Crippen molar-refractivity contribution in [2.75, 3.05) is 34.0 Å². The maximum absolute atomic E-state index is 12.8. The molecule has 1 atom stereocenters. The summed E-state index contributed by atoms with van der Waals surface area (Å²) in [6, 6.07) is 12.3. The zero-order valence-corrected chi connectivity index (χ0v) is 18.1. The van der Waals surface area contributed by atoms with E-state index in [1.807, 2.05) is 0 Å². The lowest BCUT2D eigenvalue weighted by Crippen LogP contribution is -2.30. The fourth-order valence-electron chi connectivity index (χ4n) is 3.49. The summed E-state index contributed by atoms with van der Waals surface area (Å²) in [5.41, 5.74) is 2.25. The molecule has 0 bridgehead atoms. The number of hydrogen-bond acceptors (Lipinski definition) is 7. The third-order valence-corrected chi connectivity index (χ3v) is 5.20. The fourth-order valence-corrected chi connectivity index (χ4v) is 3.49. The van der Waals surface area contributed by atoms with Gasteiger partial charge in [0.05, 0.1) is 26.0 Å². The molecule has 32 heavy (non-hydrogen) atoms. The van der Waals surface area contributed by atoms with Crippen LogP contribution in [-0.4, -0.2) is 54.8 Å². The van der Waals surface area contributed by atoms with Crippen molar-refractivity contribution in [3.8, 4) is 34.3 Å². The number of aliphatic hydroxyl groups excluding tert-OH is 1. The average molecular weight is 439 g/mol. The number of ether oxygens (including phenoxy) is 4. The minimum absolute atomic E-state index is 0.0292. The van der Waals surface area contributed by atoms with Gasteiger partial charge in [-0.2, -0.15) is 5.10 Å². The van der Waals surface area contributed by atoms with Crippen molar-refractivity contribution in [3.05, 3.63) is 53.7 Å². The van der Waals surface area contributed by atoms with Crippen molar-refractivity contribution < 1.29 is 28.8 Å². The molecule has 168 valence electrons. The Morgan fingerprint density at radius 3 is 2.66 bits per heavy atom. The van der Waals surface area contributed by atoms with Gasteiger partial charge >= 0.3 is 0 Å². The Labute approximate surface area is 185 Å². The van der Waals surface area contributed by atoms with Gasteiger partial charge in [0.2, 0.25) is 0 Å². The summed E-state index contributed by atoms with van der Waals surface area (Å²) in [4.78, 5) is 12.8. The average Bonchev–Trinajstić information content (AvgIpc) is 3.23. The van der Waals surface area contributed by atoms with Gasteiger partial charge < -0.3 is 29.4 Å². The number of methoxy groups -OCH3 is 2. The van der Waals surface area contributed by atoms with E-state index in [-0.39, 0.29) is 12.5 Å². The summed E-state index contributed by atoms with van der Waals surface area (Å²) < 4.78 is 23.2. The van der Waals surface area contributed by atoms with E-state index >= 15 is 0 Å². The lowest BCUT2D eigenvalue weighted by molar-refractivity contribution is 0.0906. The summed E-state index contributed by atoms with van der Waals surface area (Å²) in [5.74, 6) is 2.14. The number of aliphatic hydroxyl groups is 1. The second-order valence-corrected chi connectivity index (χ2v) is 7.23. The molecule has 4 rings (SSSR count). The molecule has 0 unspecified atom stereocenters. The molecule has 0 fully saturated rings. The van der Waals surface area contributed by atoms with E-state index in [1.54, 1.807) is 63.7 Å². The summed E-state index contributed by atoms with van der Waals surface area (Å²) in [6.07, 6.45) is -0.902. The molecule has 1 aromatic heterocycles. The Morgan fingerprint density at radius 2 is 1.91 bits per heavy atom. The number of hydrogen-bond donors (Lipinski definition) is 2. The van der Waals surface area contributed by atoms with Gasteiger partial charge in [-0.15, -0.1) is 0 Å². The first-order valence-electron chi connectivity index (χ1n) is 10.1. The van der Waals surface area contributed by atoms with Crippen molar-refractivity contribution in [2.45, 2.75) is 6.10 Å². The second-order valence-electron chi connectivity index (χ2n) is 7.23. The van der Waals surface area contributed by atoms with E-state index in [0.717, 1.165) is 0 Å². The van der Waals surface area contributed by atoms with Crippen LogP contribution >= 0.6 is 0 Å². The number of carbonyl (C=O) groups is 1. The molecule has 0 radical (unpaired) electrons. The van der Waals surface area contributed by atoms with Crippen molar-refractivity contribution in [3.63, 3.8) is 0 Å². The van der Waals surface area contributed by atoms with Crippen LogP contribution in [0.5, 0.6) is 23.0 Å². The number of amides is 1. The smallest absolute Gasteiger partial charge is 0.269 e. The third kappa shape index (κ3) is 4.33. The van der Waals surface area contributed by atoms with Crippen LogP contribution in [0.2, 0.25) is 0 Å². The Bertz CT molecular complexity index is 1130. The van der Waals surface area contributed by atoms with Gasteiger partial charge in [-0.25, -0.2) is 0 Å². The summed E-state index contributed by atoms with van der Waals surface area (Å²) in [6.45, 7) is 0.991. The zero-order valence-electron chi connectivity index (χ0n) is 18.1. The molecule has 0 saturated heterocycles. The highest BCUT2D eigenvalue weighted by atomic mass is 16.6. The standard InChI is InChI=1S/C23H25N3O6/c1-26-18(12-17(25-26)16-11-15(29-2)5-7-20(16)30-3)23(28)24-13-19(27)14-4-6-21-22(10-14)32-9-8-31-21/h4-7,10-12,19,27H,8-9,13H2,1-3H3,(H,24,28)/t19-/m0/s1. The molecule has 9 heteroatoms. The van der Waals surface area contributed by atoms with Gasteiger partial charge in [0.25, 0.3) is 5.91 Å². The molecule has 1 aliphatic heterocycles. The number of rotatable bonds is 7. The highest BCUT2D eigenvalue weighted by molar-refractivity contribution is 5.94. The lowest BCUT2D eigenvalue weighted by Gasteiger charge is -2.20. The largest absolute Gasteiger partial charge is 0.497 e. The maximum atomic E-state index is 12.8. The van der Waals surface area contributed by atoms with E-state index in [2.05, 4.69) is 10.4 Å². The maximum Gasteiger partial charge on any atom is 0.269 e. The van der Waals surface area contributed by atoms with Crippen molar-refractivity contribution in [2.24, 2.45) is 7.05 Å². The van der Waals surface area contributed by atoms with Crippen LogP contribution in [-0.2, 0) is 7.05 Å². The quantitative estimate of drug-likeness (QED) is 0.582. The Balaban J connectivity index is 1.47. The van der Waals surface area contributed by atoms with E-state index in [1.165, 1.54) is 4.68 Å². The van der Waals surface area contributed by atoms with Crippen LogP contribution in [0.15, 0.2) is 42.5 Å². The summed E-state index contributed by atoms with van der Waals surface area (Å²) in [5, 5.41) is 17.7. The molecule has 2 N–H and O–H groups in total. The Kier molecular flexibility index (Phi) is 6.18. The zero-order chi connectivity index (χ0) is 22.7. The summed E-state index contributed by atoms with van der Waals surface area (Å²) >= 11 is 0. The van der Waals surface area contributed by atoms with Gasteiger partial charge in [-0.05, 0) is 42.0 Å². The van der Waals surface area contributed by atoms with E-state index in [0.29, 0.717) is 58.7 Å². The number of aryl methyl sites for hydroxylation is 1. The minimum atomic E-state index is -0.902. The Hall–Kier alpha value is -3.72. The van der Waals surface area contributed by atoms with Gasteiger partial charge in [-0.1, -0.05) is 6.07 Å². The second kappa shape index (κ2) is 9.19. The monoisotopic (exact) mass is 439 g/mol. The SMILES string of the molecule is COc1ccc(OC)c(-c2cc(C(=O)NC[C@H](O)c3ccc4c(c3)OCCO4)n(C)n2)c1. The number of nitrogens with one attached hydrogen (secondary N) is 1. The molecular weight excluding hydrogens is 414 g/mol. The predicted octanol–water partition coefficient (Wildman–Crippen LogP) is 2.34. The number of benzene rings is 2. The van der Waals surface area contributed by atoms with Crippen LogP contribution in [0.25, 0.3) is 11.3 Å². The van der Waals surface area contributed by atoms with Gasteiger partial charge in [0.15, 0.2) is 11.5 Å². The van der Waals surface area contributed by atoms with Gasteiger partial charge in [0.1, 0.15) is 30.4 Å². The lowest BCUT2D eigenvalue weighted by atomic mass is 10.1. The molecular formula is C23H25N3O6. The Morgan fingerprint density at radius 1 is 1.12 bits per heavy atom. The first kappa shape index (κ1) is 21.5. The van der Waals surface area contributed by atoms with Gasteiger partial charge in [-0.3, -0.25) is 9.48 Å². The molecule has 2 heterocycles. The van der Waals surface area contributed by atoms with Crippen LogP contribution < -0.4 is 24.3 Å². The third-order valence-electron chi connectivity index (χ3n) is 5.20. The van der Waals surface area contributed by atoms with Gasteiger partial charge in [0, 0.05) is 19.2 Å². The minimum Gasteiger partial charge on any atom is -0.497 e. The van der Waals surface area contributed by atoms with E-state index in [4.69, 9.17) is 18.9 Å². The first-order valence-corrected chi connectivity index (χ1v) is 10.1. The molecule has 3 aromatic rings. The van der Waals surface area contributed by atoms with Crippen LogP contribution in [0, 0.1) is 0 Å². The molecule has 2 aromatic carbocycles. The highest BCUT2D eigenvalue weighted by Gasteiger charge is 2.20. The fraction of sp³-hybridized carbons (Fsp3) is 0.304. The number of aromatic nitrogens is 2. The van der Waals surface area contributed by atoms with E-state index in [9.17, 15) is 9.90 Å². The molecule has 0 aliphatic carbocycles. The van der Waals surface area contributed by atoms with Crippen LogP contribution in [0.1, 0.15) is 22.2 Å². The van der Waals surface area contributed by atoms with Crippen molar-refractivity contribution in [1.82, 2.24) is 15.1 Å². The number of carbonyl (C=O) groups excluding carboxylic acids is 1. The topological polar surface area (TPSA) is 104 Å². The van der Waals surface area contributed by atoms with Crippen LogP contribution in [0.4, 0.5) is 0 Å². The van der Waals surface area contributed by atoms with Crippen molar-refractivity contribution >= 4 is 5.91 Å². The molecule has 9 nitrogen and oxygen atoms in total.